The van der Waals surface area contributed by atoms with Crippen LogP contribution in [0.4, 0.5) is 0 Å². The predicted octanol–water partition coefficient (Wildman–Crippen LogP) is 0.743. The van der Waals surface area contributed by atoms with E-state index >= 15 is 0 Å². The summed E-state index contributed by atoms with van der Waals surface area (Å²) in [5, 5.41) is 11.4. The van der Waals surface area contributed by atoms with Gasteiger partial charge in [-0.15, -0.1) is 0 Å². The number of nitrogens with zero attached hydrogens (tertiary/aromatic N) is 4. The Bertz CT molecular complexity index is 897. The molecular formula is C12H13N5O3S. The maximum Gasteiger partial charge on any atom is 0.243 e. The van der Waals surface area contributed by atoms with Gasteiger partial charge in [0, 0.05) is 24.8 Å². The minimum absolute atomic E-state index is 0.0443. The highest BCUT2D eigenvalue weighted by Gasteiger charge is 2.20. The lowest BCUT2D eigenvalue weighted by atomic mass is 10.3. The van der Waals surface area contributed by atoms with Crippen LogP contribution < -0.4 is 4.72 Å². The summed E-state index contributed by atoms with van der Waals surface area (Å²) < 4.78 is 33.6. The van der Waals surface area contributed by atoms with Crippen LogP contribution in [0.5, 0.6) is 0 Å². The molecule has 1 N–H and O–H groups in total. The van der Waals surface area contributed by atoms with E-state index in [1.54, 1.807) is 30.1 Å². The van der Waals surface area contributed by atoms with Crippen LogP contribution in [0.15, 0.2) is 33.9 Å². The van der Waals surface area contributed by atoms with Crippen LogP contribution in [0.3, 0.4) is 0 Å². The van der Waals surface area contributed by atoms with Crippen LogP contribution in [-0.4, -0.2) is 28.5 Å². The van der Waals surface area contributed by atoms with E-state index in [1.807, 2.05) is 6.92 Å². The second-order valence-corrected chi connectivity index (χ2v) is 6.33. The van der Waals surface area contributed by atoms with Gasteiger partial charge in [-0.3, -0.25) is 4.68 Å². The van der Waals surface area contributed by atoms with Crippen molar-refractivity contribution in [2.75, 3.05) is 0 Å². The van der Waals surface area contributed by atoms with Crippen molar-refractivity contribution < 1.29 is 13.0 Å². The van der Waals surface area contributed by atoms with Crippen molar-refractivity contribution >= 4 is 21.1 Å². The third kappa shape index (κ3) is 2.41. The molecule has 8 nitrogen and oxygen atoms in total. The van der Waals surface area contributed by atoms with E-state index in [2.05, 4.69) is 24.8 Å². The topological polar surface area (TPSA) is 103 Å². The van der Waals surface area contributed by atoms with E-state index in [9.17, 15) is 8.42 Å². The SMILES string of the molecule is Cc1c(CNS(=O)(=O)c2cccc3nonc23)cnn1C. The molecule has 0 radical (unpaired) electrons. The number of hydrogen-bond donors (Lipinski definition) is 1. The first-order valence-corrected chi connectivity index (χ1v) is 7.66. The van der Waals surface area contributed by atoms with Gasteiger partial charge in [0.1, 0.15) is 10.4 Å². The molecule has 0 aliphatic rings. The Kier molecular flexibility index (Phi) is 3.22. The third-order valence-corrected chi connectivity index (χ3v) is 4.76. The average Bonchev–Trinajstić information content (AvgIpc) is 3.05. The fourth-order valence-electron chi connectivity index (χ4n) is 1.97. The molecule has 9 heteroatoms. The molecule has 2 heterocycles. The number of sulfonamides is 1. The predicted molar refractivity (Wildman–Crippen MR) is 73.8 cm³/mol. The summed E-state index contributed by atoms with van der Waals surface area (Å²) in [6.45, 7) is 2.03. The van der Waals surface area contributed by atoms with Crippen molar-refractivity contribution in [1.82, 2.24) is 24.8 Å². The molecule has 0 atom stereocenters. The molecule has 0 aliphatic heterocycles. The Hall–Kier alpha value is -2.26. The van der Waals surface area contributed by atoms with Crippen molar-refractivity contribution in [2.24, 2.45) is 7.05 Å². The van der Waals surface area contributed by atoms with E-state index in [1.165, 1.54) is 6.07 Å². The summed E-state index contributed by atoms with van der Waals surface area (Å²) in [5.41, 5.74) is 2.33. The zero-order chi connectivity index (χ0) is 15.0. The summed E-state index contributed by atoms with van der Waals surface area (Å²) >= 11 is 0. The van der Waals surface area contributed by atoms with Crippen LogP contribution in [-0.2, 0) is 23.6 Å². The smallest absolute Gasteiger partial charge is 0.243 e. The van der Waals surface area contributed by atoms with Crippen LogP contribution in [0.2, 0.25) is 0 Å². The molecular weight excluding hydrogens is 294 g/mol. The fraction of sp³-hybridized carbons (Fsp3) is 0.250. The lowest BCUT2D eigenvalue weighted by Gasteiger charge is -2.06. The Morgan fingerprint density at radius 2 is 2.14 bits per heavy atom. The van der Waals surface area contributed by atoms with Crippen molar-refractivity contribution in [2.45, 2.75) is 18.4 Å². The Labute approximate surface area is 120 Å². The highest BCUT2D eigenvalue weighted by atomic mass is 32.2. The maximum atomic E-state index is 12.4. The maximum absolute atomic E-state index is 12.4. The Morgan fingerprint density at radius 3 is 2.86 bits per heavy atom. The van der Waals surface area contributed by atoms with Crippen LogP contribution in [0.1, 0.15) is 11.3 Å². The molecule has 2 aromatic heterocycles. The minimum Gasteiger partial charge on any atom is -0.273 e. The number of hydrogen-bond acceptors (Lipinski definition) is 6. The number of fused-ring (bicyclic) bond motifs is 1. The molecule has 0 unspecified atom stereocenters. The molecule has 0 amide bonds. The zero-order valence-electron chi connectivity index (χ0n) is 11.4. The van der Waals surface area contributed by atoms with E-state index in [4.69, 9.17) is 0 Å². The molecule has 0 saturated heterocycles. The van der Waals surface area contributed by atoms with E-state index in [-0.39, 0.29) is 17.0 Å². The molecule has 0 spiro atoms. The number of aryl methyl sites for hydroxylation is 1. The second-order valence-electron chi connectivity index (χ2n) is 4.59. The van der Waals surface area contributed by atoms with Gasteiger partial charge < -0.3 is 0 Å². The van der Waals surface area contributed by atoms with E-state index < -0.39 is 10.0 Å². The average molecular weight is 307 g/mol. The standard InChI is InChI=1S/C12H13N5O3S/c1-8-9(6-13-17(8)2)7-14-21(18,19)11-5-3-4-10-12(11)16-20-15-10/h3-6,14H,7H2,1-2H3. The van der Waals surface area contributed by atoms with E-state index in [0.717, 1.165) is 11.3 Å². The van der Waals surface area contributed by atoms with Crippen molar-refractivity contribution in [3.05, 3.63) is 35.7 Å². The van der Waals surface area contributed by atoms with Crippen LogP contribution in [0, 0.1) is 6.92 Å². The summed E-state index contributed by atoms with van der Waals surface area (Å²) in [5.74, 6) is 0. The van der Waals surface area contributed by atoms with Crippen molar-refractivity contribution in [3.8, 4) is 0 Å². The number of aromatic nitrogens is 4. The second kappa shape index (κ2) is 4.93. The summed E-state index contributed by atoms with van der Waals surface area (Å²) in [4.78, 5) is 0.0443. The highest BCUT2D eigenvalue weighted by molar-refractivity contribution is 7.89. The van der Waals surface area contributed by atoms with Gasteiger partial charge in [0.25, 0.3) is 0 Å². The fourth-order valence-corrected chi connectivity index (χ4v) is 3.12. The van der Waals surface area contributed by atoms with Crippen molar-refractivity contribution in [3.63, 3.8) is 0 Å². The van der Waals surface area contributed by atoms with Crippen LogP contribution >= 0.6 is 0 Å². The summed E-state index contributed by atoms with van der Waals surface area (Å²) in [7, 11) is -1.91. The van der Waals surface area contributed by atoms with Gasteiger partial charge in [0.2, 0.25) is 10.0 Å². The lowest BCUT2D eigenvalue weighted by molar-refractivity contribution is 0.315. The molecule has 0 fully saturated rings. The van der Waals surface area contributed by atoms with Crippen molar-refractivity contribution in [1.29, 1.82) is 0 Å². The zero-order valence-corrected chi connectivity index (χ0v) is 12.3. The van der Waals surface area contributed by atoms with Gasteiger partial charge in [0.15, 0.2) is 5.52 Å². The van der Waals surface area contributed by atoms with E-state index in [0.29, 0.717) is 5.52 Å². The normalized spacial score (nSPS) is 12.1. The lowest BCUT2D eigenvalue weighted by Crippen LogP contribution is -2.23. The van der Waals surface area contributed by atoms with Gasteiger partial charge in [-0.2, -0.15) is 5.10 Å². The third-order valence-electron chi connectivity index (χ3n) is 3.33. The molecule has 3 rings (SSSR count). The minimum atomic E-state index is -3.71. The molecule has 0 bridgehead atoms. The molecule has 1 aromatic carbocycles. The highest BCUT2D eigenvalue weighted by Crippen LogP contribution is 2.19. The molecule has 0 saturated carbocycles. The Balaban J connectivity index is 1.91. The molecule has 0 aliphatic carbocycles. The van der Waals surface area contributed by atoms with Gasteiger partial charge in [-0.05, 0) is 29.4 Å². The van der Waals surface area contributed by atoms with Gasteiger partial charge in [-0.1, -0.05) is 6.07 Å². The van der Waals surface area contributed by atoms with Crippen LogP contribution in [0.25, 0.3) is 11.0 Å². The van der Waals surface area contributed by atoms with Gasteiger partial charge >= 0.3 is 0 Å². The Morgan fingerprint density at radius 1 is 1.33 bits per heavy atom. The monoisotopic (exact) mass is 307 g/mol. The molecule has 21 heavy (non-hydrogen) atoms. The van der Waals surface area contributed by atoms with Gasteiger partial charge in [0.05, 0.1) is 6.20 Å². The first-order chi connectivity index (χ1) is 9.99. The molecule has 3 aromatic rings. The number of benzene rings is 1. The number of rotatable bonds is 4. The number of nitrogens with one attached hydrogen (secondary N) is 1. The first-order valence-electron chi connectivity index (χ1n) is 6.17. The first kappa shape index (κ1) is 13.7. The summed E-state index contributed by atoms with van der Waals surface area (Å²) in [6.07, 6.45) is 1.64. The summed E-state index contributed by atoms with van der Waals surface area (Å²) in [6, 6.07) is 4.69. The quantitative estimate of drug-likeness (QED) is 0.762. The molecule has 110 valence electrons. The van der Waals surface area contributed by atoms with Gasteiger partial charge in [-0.25, -0.2) is 17.8 Å². The largest absolute Gasteiger partial charge is 0.273 e.